The minimum Gasteiger partial charge on any atom is -0.335 e. The van der Waals surface area contributed by atoms with Gasteiger partial charge in [-0.15, -0.1) is 0 Å². The van der Waals surface area contributed by atoms with Gasteiger partial charge in [0.1, 0.15) is 11.5 Å². The van der Waals surface area contributed by atoms with E-state index in [4.69, 9.17) is 16.6 Å². The second-order valence-electron chi connectivity index (χ2n) is 9.31. The minimum atomic E-state index is -0.332. The van der Waals surface area contributed by atoms with E-state index in [9.17, 15) is 9.59 Å². The van der Waals surface area contributed by atoms with Crippen LogP contribution in [0.25, 0.3) is 44.3 Å². The number of anilines is 1. The molecule has 6 rings (SSSR count). The Morgan fingerprint density at radius 3 is 2.59 bits per heavy atom. The molecule has 5 aromatic rings. The Hall–Kier alpha value is -4.23. The highest BCUT2D eigenvalue weighted by Crippen LogP contribution is 2.36. The number of hydrogen-bond donors (Lipinski definition) is 3. The average Bonchev–Trinajstić information content (AvgIpc) is 3.41. The van der Waals surface area contributed by atoms with E-state index in [1.807, 2.05) is 60.7 Å². The van der Waals surface area contributed by atoms with Gasteiger partial charge in [0.15, 0.2) is 5.43 Å². The third-order valence-electron chi connectivity index (χ3n) is 6.77. The Labute approximate surface area is 217 Å². The molecule has 7 nitrogen and oxygen atoms in total. The zero-order valence-corrected chi connectivity index (χ0v) is 20.7. The number of benzene rings is 2. The van der Waals surface area contributed by atoms with Crippen LogP contribution in [0.1, 0.15) is 25.7 Å². The molecule has 2 amide bonds. The van der Waals surface area contributed by atoms with Gasteiger partial charge in [0.05, 0.1) is 21.6 Å². The standard InChI is InChI=1S/C29H24ClN5O2/c30-23-14-19(13-18-9-6-12-31-27(18)23)21-15-22-24(36)16-25(34-29(37)32-20-10-4-5-11-20)33-28(22)35-26(21)17-7-2-1-3-8-17/h1-3,6-9,12-16,20H,4-5,10-11H2,(H3,32,33,34,35,36,37). The summed E-state index contributed by atoms with van der Waals surface area (Å²) in [4.78, 5) is 38.1. The lowest BCUT2D eigenvalue weighted by Gasteiger charge is -2.15. The zero-order valence-electron chi connectivity index (χ0n) is 19.9. The molecule has 0 spiro atoms. The molecule has 37 heavy (non-hydrogen) atoms. The molecule has 0 radical (unpaired) electrons. The van der Waals surface area contributed by atoms with Gasteiger partial charge in [0.25, 0.3) is 0 Å². The van der Waals surface area contributed by atoms with Crippen LogP contribution in [0.4, 0.5) is 10.6 Å². The van der Waals surface area contributed by atoms with Gasteiger partial charge in [-0.1, -0.05) is 60.8 Å². The van der Waals surface area contributed by atoms with Crippen LogP contribution in [-0.2, 0) is 0 Å². The van der Waals surface area contributed by atoms with E-state index in [1.54, 1.807) is 6.20 Å². The molecule has 0 unspecified atom stereocenters. The number of carbonyl (C=O) groups excluding carboxylic acids is 1. The number of urea groups is 1. The Bertz CT molecular complexity index is 1690. The van der Waals surface area contributed by atoms with Crippen LogP contribution in [0.3, 0.4) is 0 Å². The number of rotatable bonds is 4. The van der Waals surface area contributed by atoms with Crippen LogP contribution >= 0.6 is 11.6 Å². The molecule has 1 aliphatic rings. The van der Waals surface area contributed by atoms with Crippen LogP contribution in [0.15, 0.2) is 77.7 Å². The number of fused-ring (bicyclic) bond motifs is 2. The number of carbonyl (C=O) groups is 1. The minimum absolute atomic E-state index is 0.168. The normalized spacial score (nSPS) is 13.8. The molecule has 1 fully saturated rings. The summed E-state index contributed by atoms with van der Waals surface area (Å²) in [5.41, 5.74) is 4.04. The maximum atomic E-state index is 13.2. The molecule has 1 saturated carbocycles. The van der Waals surface area contributed by atoms with Crippen molar-refractivity contribution in [3.63, 3.8) is 0 Å². The molecule has 1 aliphatic carbocycles. The fourth-order valence-corrected chi connectivity index (χ4v) is 5.27. The zero-order chi connectivity index (χ0) is 25.4. The summed E-state index contributed by atoms with van der Waals surface area (Å²) < 4.78 is 0. The quantitative estimate of drug-likeness (QED) is 0.256. The molecular formula is C29H24ClN5O2. The first kappa shape index (κ1) is 23.2. The number of hydrogen-bond acceptors (Lipinski definition) is 4. The Kier molecular flexibility index (Phi) is 6.06. The predicted octanol–water partition coefficient (Wildman–Crippen LogP) is 6.52. The van der Waals surface area contributed by atoms with Gasteiger partial charge in [-0.25, -0.2) is 9.78 Å². The number of aromatic nitrogens is 3. The Morgan fingerprint density at radius 2 is 1.78 bits per heavy atom. The molecule has 0 aliphatic heterocycles. The van der Waals surface area contributed by atoms with E-state index in [0.717, 1.165) is 47.8 Å². The number of halogens is 1. The topological polar surface area (TPSA) is 99.8 Å². The average molecular weight is 510 g/mol. The van der Waals surface area contributed by atoms with E-state index in [-0.39, 0.29) is 17.5 Å². The van der Waals surface area contributed by atoms with Crippen molar-refractivity contribution < 1.29 is 4.79 Å². The number of aromatic amines is 1. The van der Waals surface area contributed by atoms with Crippen molar-refractivity contribution in [3.8, 4) is 22.4 Å². The van der Waals surface area contributed by atoms with Crippen molar-refractivity contribution in [1.82, 2.24) is 20.3 Å². The third kappa shape index (κ3) is 4.66. The van der Waals surface area contributed by atoms with E-state index < -0.39 is 0 Å². The lowest BCUT2D eigenvalue weighted by atomic mass is 9.97. The SMILES string of the molecule is O=C(Nc1cc(=O)c2cc(-c3cc(Cl)c4ncccc4c3)c(-c3ccccc3)nc2[nH]1)NC1CCCC1. The first-order valence-electron chi connectivity index (χ1n) is 12.3. The van der Waals surface area contributed by atoms with Crippen molar-refractivity contribution >= 4 is 45.4 Å². The first-order chi connectivity index (χ1) is 18.0. The van der Waals surface area contributed by atoms with Gasteiger partial charge in [0.2, 0.25) is 0 Å². The smallest absolute Gasteiger partial charge is 0.320 e. The molecule has 3 aromatic heterocycles. The summed E-state index contributed by atoms with van der Waals surface area (Å²) in [5.74, 6) is 0.298. The molecule has 184 valence electrons. The van der Waals surface area contributed by atoms with Crippen LogP contribution in [0, 0.1) is 0 Å². The fraction of sp³-hybridized carbons (Fsp3) is 0.172. The summed E-state index contributed by atoms with van der Waals surface area (Å²) in [6.45, 7) is 0. The number of H-pyrrole nitrogens is 1. The molecule has 3 heterocycles. The van der Waals surface area contributed by atoms with Crippen molar-refractivity contribution in [2.24, 2.45) is 0 Å². The third-order valence-corrected chi connectivity index (χ3v) is 7.06. The summed E-state index contributed by atoms with van der Waals surface area (Å²) in [6, 6.07) is 20.5. The Morgan fingerprint density at radius 1 is 0.973 bits per heavy atom. The number of pyridine rings is 3. The molecule has 0 saturated heterocycles. The van der Waals surface area contributed by atoms with Crippen LogP contribution in [-0.4, -0.2) is 27.0 Å². The number of nitrogens with zero attached hydrogens (tertiary/aromatic N) is 2. The van der Waals surface area contributed by atoms with Gasteiger partial charge >= 0.3 is 6.03 Å². The monoisotopic (exact) mass is 509 g/mol. The van der Waals surface area contributed by atoms with E-state index in [2.05, 4.69) is 20.6 Å². The van der Waals surface area contributed by atoms with Crippen molar-refractivity contribution in [3.05, 3.63) is 88.2 Å². The van der Waals surface area contributed by atoms with E-state index >= 15 is 0 Å². The van der Waals surface area contributed by atoms with Crippen molar-refractivity contribution in [2.45, 2.75) is 31.7 Å². The molecule has 2 aromatic carbocycles. The second-order valence-corrected chi connectivity index (χ2v) is 9.71. The van der Waals surface area contributed by atoms with Crippen LogP contribution in [0.5, 0.6) is 0 Å². The molecule has 3 N–H and O–H groups in total. The number of amides is 2. The van der Waals surface area contributed by atoms with Crippen LogP contribution in [0.2, 0.25) is 5.02 Å². The lowest BCUT2D eigenvalue weighted by Crippen LogP contribution is -2.36. The predicted molar refractivity (Wildman–Crippen MR) is 148 cm³/mol. The van der Waals surface area contributed by atoms with Gasteiger partial charge in [-0.05, 0) is 42.7 Å². The van der Waals surface area contributed by atoms with Crippen LogP contribution < -0.4 is 16.1 Å². The maximum absolute atomic E-state index is 13.2. The molecule has 8 heteroatoms. The highest BCUT2D eigenvalue weighted by Gasteiger charge is 2.19. The summed E-state index contributed by atoms with van der Waals surface area (Å²) in [7, 11) is 0. The highest BCUT2D eigenvalue weighted by molar-refractivity contribution is 6.35. The van der Waals surface area contributed by atoms with Crippen molar-refractivity contribution in [2.75, 3.05) is 5.32 Å². The molecule has 0 atom stereocenters. The lowest BCUT2D eigenvalue weighted by molar-refractivity contribution is 0.248. The first-order valence-corrected chi connectivity index (χ1v) is 12.7. The Balaban J connectivity index is 1.47. The maximum Gasteiger partial charge on any atom is 0.320 e. The molecular weight excluding hydrogens is 486 g/mol. The van der Waals surface area contributed by atoms with Crippen molar-refractivity contribution in [1.29, 1.82) is 0 Å². The summed E-state index contributed by atoms with van der Waals surface area (Å²) >= 11 is 6.59. The van der Waals surface area contributed by atoms with E-state index in [1.165, 1.54) is 6.07 Å². The summed E-state index contributed by atoms with van der Waals surface area (Å²) in [5, 5.41) is 7.57. The van der Waals surface area contributed by atoms with E-state index in [0.29, 0.717) is 33.1 Å². The van der Waals surface area contributed by atoms with Gasteiger partial charge in [-0.3, -0.25) is 15.1 Å². The largest absolute Gasteiger partial charge is 0.335 e. The highest BCUT2D eigenvalue weighted by atomic mass is 35.5. The van der Waals surface area contributed by atoms with Gasteiger partial charge in [-0.2, -0.15) is 0 Å². The number of nitrogens with one attached hydrogen (secondary N) is 3. The fourth-order valence-electron chi connectivity index (χ4n) is 4.99. The summed E-state index contributed by atoms with van der Waals surface area (Å²) in [6.07, 6.45) is 5.89. The van der Waals surface area contributed by atoms with Gasteiger partial charge < -0.3 is 10.3 Å². The van der Waals surface area contributed by atoms with Gasteiger partial charge in [0, 0.05) is 34.8 Å². The molecule has 0 bridgehead atoms. The second kappa shape index (κ2) is 9.67.